The second kappa shape index (κ2) is 10.5. The number of nitrogens with zero attached hydrogens (tertiary/aromatic N) is 3. The molecule has 9 nitrogen and oxygen atoms in total. The predicted molar refractivity (Wildman–Crippen MR) is 136 cm³/mol. The van der Waals surface area contributed by atoms with Crippen LogP contribution in [0.25, 0.3) is 0 Å². The van der Waals surface area contributed by atoms with Gasteiger partial charge in [-0.15, -0.1) is 0 Å². The van der Waals surface area contributed by atoms with E-state index in [1.165, 1.54) is 25.9 Å². The number of carbonyl (C=O) groups excluding carboxylic acids is 1. The van der Waals surface area contributed by atoms with E-state index in [0.29, 0.717) is 22.9 Å². The molecule has 10 heteroatoms. The number of nitrogens with one attached hydrogen (secondary N) is 1. The quantitative estimate of drug-likeness (QED) is 0.566. The van der Waals surface area contributed by atoms with Gasteiger partial charge in [-0.25, -0.2) is 8.42 Å². The highest BCUT2D eigenvalue weighted by Gasteiger charge is 2.40. The van der Waals surface area contributed by atoms with Gasteiger partial charge in [0.25, 0.3) is 0 Å². The van der Waals surface area contributed by atoms with Crippen molar-refractivity contribution in [3.63, 3.8) is 0 Å². The van der Waals surface area contributed by atoms with Crippen LogP contribution in [0.2, 0.25) is 0 Å². The third-order valence-corrected chi connectivity index (χ3v) is 9.51. The van der Waals surface area contributed by atoms with Crippen LogP contribution in [-0.4, -0.2) is 61.6 Å². The zero-order chi connectivity index (χ0) is 26.1. The normalized spacial score (nSPS) is 22.5. The first-order valence-electron chi connectivity index (χ1n) is 12.7. The van der Waals surface area contributed by atoms with Crippen molar-refractivity contribution in [2.45, 2.75) is 89.0 Å². The number of hydrogen-bond acceptors (Lipinski definition) is 8. The molecule has 0 bridgehead atoms. The molecule has 1 amide bonds. The number of amides is 1. The number of rotatable bonds is 8. The van der Waals surface area contributed by atoms with Crippen molar-refractivity contribution in [3.05, 3.63) is 35.0 Å². The van der Waals surface area contributed by atoms with Crippen molar-refractivity contribution in [2.75, 3.05) is 20.2 Å². The number of benzene rings is 1. The molecule has 2 unspecified atom stereocenters. The summed E-state index contributed by atoms with van der Waals surface area (Å²) < 4.78 is 36.6. The molecule has 198 valence electrons. The number of ether oxygens (including phenoxy) is 1. The Kier molecular flexibility index (Phi) is 7.75. The van der Waals surface area contributed by atoms with E-state index >= 15 is 0 Å². The van der Waals surface area contributed by atoms with Crippen molar-refractivity contribution in [1.82, 2.24) is 20.4 Å². The molecular formula is C26H38N4O5S. The van der Waals surface area contributed by atoms with Gasteiger partial charge in [0.2, 0.25) is 11.8 Å². The molecule has 1 aliphatic carbocycles. The Morgan fingerprint density at radius 3 is 2.47 bits per heavy atom. The fraction of sp³-hybridized carbons (Fsp3) is 0.654. The standard InChI is InChI=1S/C26H38N4O5S/c1-17-12-20(34-5)13-18(2)25(17)36(32,33)16-22-28-24(35-29-22)14-23(31)27-21-9-8-19(15-26(21,3)4)30-10-6-7-11-30/h12-13,19,21H,6-11,14-16H2,1-5H3,(H,27,31). The second-order valence-corrected chi connectivity index (χ2v) is 12.8. The summed E-state index contributed by atoms with van der Waals surface area (Å²) in [6.07, 6.45) is 5.57. The van der Waals surface area contributed by atoms with Gasteiger partial charge in [0.1, 0.15) is 17.9 Å². The Balaban J connectivity index is 1.36. The number of hydrogen-bond donors (Lipinski definition) is 1. The molecular weight excluding hydrogens is 480 g/mol. The zero-order valence-corrected chi connectivity index (χ0v) is 22.8. The van der Waals surface area contributed by atoms with E-state index in [2.05, 4.69) is 34.2 Å². The first-order valence-corrected chi connectivity index (χ1v) is 14.4. The molecule has 1 aliphatic heterocycles. The van der Waals surface area contributed by atoms with Crippen molar-refractivity contribution in [3.8, 4) is 5.75 Å². The Morgan fingerprint density at radius 1 is 1.19 bits per heavy atom. The van der Waals surface area contributed by atoms with Gasteiger partial charge >= 0.3 is 0 Å². The average Bonchev–Trinajstić information content (AvgIpc) is 3.46. The summed E-state index contributed by atoms with van der Waals surface area (Å²) in [5.74, 6) is 0.167. The van der Waals surface area contributed by atoms with Crippen LogP contribution in [-0.2, 0) is 26.8 Å². The topological polar surface area (TPSA) is 115 Å². The maximum atomic E-state index is 13.1. The molecule has 2 aromatic rings. The average molecular weight is 519 g/mol. The fourth-order valence-electron chi connectivity index (χ4n) is 5.85. The molecule has 1 aromatic heterocycles. The van der Waals surface area contributed by atoms with Crippen LogP contribution in [0.15, 0.2) is 21.6 Å². The second-order valence-electron chi connectivity index (χ2n) is 10.9. The number of sulfone groups is 1. The van der Waals surface area contributed by atoms with E-state index < -0.39 is 15.6 Å². The van der Waals surface area contributed by atoms with Gasteiger partial charge in [-0.2, -0.15) is 4.98 Å². The summed E-state index contributed by atoms with van der Waals surface area (Å²) in [6.45, 7) is 10.3. The van der Waals surface area contributed by atoms with Gasteiger partial charge in [-0.05, 0) is 87.7 Å². The van der Waals surface area contributed by atoms with Crippen LogP contribution >= 0.6 is 0 Å². The van der Waals surface area contributed by atoms with Crippen molar-refractivity contribution >= 4 is 15.7 Å². The lowest BCUT2D eigenvalue weighted by atomic mass is 9.70. The molecule has 1 N–H and O–H groups in total. The highest BCUT2D eigenvalue weighted by molar-refractivity contribution is 7.90. The highest BCUT2D eigenvalue weighted by Crippen LogP contribution is 2.38. The molecule has 2 atom stereocenters. The number of likely N-dealkylation sites (tertiary alicyclic amines) is 1. The van der Waals surface area contributed by atoms with Crippen molar-refractivity contribution < 1.29 is 22.5 Å². The summed E-state index contributed by atoms with van der Waals surface area (Å²) in [5.41, 5.74) is 1.18. The lowest BCUT2D eigenvalue weighted by molar-refractivity contribution is -0.123. The molecule has 36 heavy (non-hydrogen) atoms. The van der Waals surface area contributed by atoms with Crippen LogP contribution < -0.4 is 10.1 Å². The van der Waals surface area contributed by atoms with Crippen LogP contribution in [0.5, 0.6) is 5.75 Å². The number of aromatic nitrogens is 2. The van der Waals surface area contributed by atoms with Crippen molar-refractivity contribution in [2.24, 2.45) is 5.41 Å². The smallest absolute Gasteiger partial charge is 0.236 e. The minimum Gasteiger partial charge on any atom is -0.497 e. The largest absolute Gasteiger partial charge is 0.497 e. The molecule has 2 heterocycles. The lowest BCUT2D eigenvalue weighted by Gasteiger charge is -2.45. The Hall–Kier alpha value is -2.46. The summed E-state index contributed by atoms with van der Waals surface area (Å²) in [4.78, 5) is 19.8. The van der Waals surface area contributed by atoms with E-state index in [4.69, 9.17) is 9.26 Å². The third kappa shape index (κ3) is 5.91. The van der Waals surface area contributed by atoms with Crippen molar-refractivity contribution in [1.29, 1.82) is 0 Å². The van der Waals surface area contributed by atoms with E-state index in [9.17, 15) is 13.2 Å². The summed E-state index contributed by atoms with van der Waals surface area (Å²) in [5, 5.41) is 6.99. The van der Waals surface area contributed by atoms with Crippen LogP contribution in [0.3, 0.4) is 0 Å². The van der Waals surface area contributed by atoms with Crippen LogP contribution in [0.4, 0.5) is 0 Å². The minimum atomic E-state index is -3.71. The van der Waals surface area contributed by atoms with Crippen LogP contribution in [0, 0.1) is 19.3 Å². The van der Waals surface area contributed by atoms with Gasteiger partial charge in [0.15, 0.2) is 15.7 Å². The fourth-order valence-corrected chi connectivity index (χ4v) is 7.55. The van der Waals surface area contributed by atoms with E-state index in [1.807, 2.05) is 0 Å². The SMILES string of the molecule is COc1cc(C)c(S(=O)(=O)Cc2noc(CC(=O)NC3CCC(N4CCCC4)CC3(C)C)n2)c(C)c1. The first kappa shape index (κ1) is 26.6. The maximum absolute atomic E-state index is 13.1. The van der Waals surface area contributed by atoms with Gasteiger partial charge in [0, 0.05) is 12.1 Å². The Labute approximate surface area is 213 Å². The summed E-state index contributed by atoms with van der Waals surface area (Å²) >= 11 is 0. The van der Waals surface area contributed by atoms with Gasteiger partial charge < -0.3 is 19.5 Å². The zero-order valence-electron chi connectivity index (χ0n) is 22.0. The molecule has 1 saturated heterocycles. The molecule has 2 fully saturated rings. The molecule has 1 saturated carbocycles. The summed E-state index contributed by atoms with van der Waals surface area (Å²) in [7, 11) is -2.17. The van der Waals surface area contributed by atoms with E-state index in [0.717, 1.165) is 19.3 Å². The highest BCUT2D eigenvalue weighted by atomic mass is 32.2. The minimum absolute atomic E-state index is 0.0106. The third-order valence-electron chi connectivity index (χ3n) is 7.61. The van der Waals surface area contributed by atoms with Gasteiger partial charge in [-0.3, -0.25) is 4.79 Å². The Morgan fingerprint density at radius 2 is 1.86 bits per heavy atom. The molecule has 2 aliphatic rings. The Bertz CT molecular complexity index is 1180. The summed E-state index contributed by atoms with van der Waals surface area (Å²) in [6, 6.07) is 4.04. The monoisotopic (exact) mass is 518 g/mol. The first-order chi connectivity index (χ1) is 17.0. The van der Waals surface area contributed by atoms with E-state index in [-0.39, 0.29) is 40.4 Å². The number of carbonyl (C=O) groups is 1. The van der Waals surface area contributed by atoms with Crippen LogP contribution in [0.1, 0.15) is 68.8 Å². The lowest BCUT2D eigenvalue weighted by Crippen LogP contribution is -2.52. The molecule has 0 spiro atoms. The maximum Gasteiger partial charge on any atom is 0.236 e. The predicted octanol–water partition coefficient (Wildman–Crippen LogP) is 3.37. The molecule has 0 radical (unpaired) electrons. The van der Waals surface area contributed by atoms with Gasteiger partial charge in [-0.1, -0.05) is 19.0 Å². The number of methoxy groups -OCH3 is 1. The molecule has 1 aromatic carbocycles. The van der Waals surface area contributed by atoms with Gasteiger partial charge in [0.05, 0.1) is 12.0 Å². The molecule has 4 rings (SSSR count). The van der Waals surface area contributed by atoms with E-state index in [1.54, 1.807) is 33.1 Å². The number of aryl methyl sites for hydroxylation is 2.